The number of nitrogens with one attached hydrogen (secondary N) is 1. The third-order valence-electron chi connectivity index (χ3n) is 3.04. The molecule has 1 amide bonds. The minimum Gasteiger partial charge on any atom is -0.493 e. The average molecular weight is 345 g/mol. The van der Waals surface area contributed by atoms with E-state index in [1.54, 1.807) is 14.2 Å². The van der Waals surface area contributed by atoms with Crippen molar-refractivity contribution in [2.24, 2.45) is 11.7 Å². The van der Waals surface area contributed by atoms with Crippen molar-refractivity contribution in [1.29, 1.82) is 0 Å². The molecule has 0 fully saturated rings. The van der Waals surface area contributed by atoms with Gasteiger partial charge in [-0.3, -0.25) is 4.79 Å². The Hall–Kier alpha value is -1.27. The number of nitrogens with two attached hydrogens (primary N) is 1. The molecule has 0 aliphatic heterocycles. The van der Waals surface area contributed by atoms with Crippen molar-refractivity contribution in [3.8, 4) is 11.5 Å². The van der Waals surface area contributed by atoms with Crippen molar-refractivity contribution < 1.29 is 14.3 Å². The summed E-state index contributed by atoms with van der Waals surface area (Å²) in [6, 6.07) is 3.34. The maximum atomic E-state index is 11.4. The van der Waals surface area contributed by atoms with Crippen LogP contribution < -0.4 is 20.5 Å². The maximum absolute atomic E-state index is 11.4. The number of amides is 1. The van der Waals surface area contributed by atoms with Crippen LogP contribution in [0.2, 0.25) is 0 Å². The predicted molar refractivity (Wildman–Crippen MR) is 81.9 cm³/mol. The molecule has 0 aliphatic carbocycles. The highest BCUT2D eigenvalue weighted by Gasteiger charge is 2.19. The van der Waals surface area contributed by atoms with Gasteiger partial charge in [0.05, 0.1) is 20.3 Å². The Morgan fingerprint density at radius 1 is 1.30 bits per heavy atom. The van der Waals surface area contributed by atoms with Crippen LogP contribution in [-0.2, 0) is 11.3 Å². The van der Waals surface area contributed by atoms with Crippen LogP contribution in [0.1, 0.15) is 19.4 Å². The van der Waals surface area contributed by atoms with Crippen molar-refractivity contribution in [3.05, 3.63) is 22.2 Å². The summed E-state index contributed by atoms with van der Waals surface area (Å²) in [5.41, 5.74) is 6.35. The molecule has 0 saturated carbocycles. The van der Waals surface area contributed by atoms with Gasteiger partial charge >= 0.3 is 0 Å². The quantitative estimate of drug-likeness (QED) is 0.793. The molecule has 0 spiro atoms. The molecule has 20 heavy (non-hydrogen) atoms. The van der Waals surface area contributed by atoms with Gasteiger partial charge in [0.15, 0.2) is 11.5 Å². The average Bonchev–Trinajstić information content (AvgIpc) is 2.39. The number of methoxy groups -OCH3 is 2. The molecule has 0 radical (unpaired) electrons. The molecule has 1 rings (SSSR count). The Morgan fingerprint density at radius 2 is 1.85 bits per heavy atom. The van der Waals surface area contributed by atoms with Crippen molar-refractivity contribution in [3.63, 3.8) is 0 Å². The lowest BCUT2D eigenvalue weighted by molar-refractivity contribution is -0.121. The number of primary amides is 1. The van der Waals surface area contributed by atoms with E-state index >= 15 is 0 Å². The van der Waals surface area contributed by atoms with Gasteiger partial charge in [0.25, 0.3) is 0 Å². The first-order chi connectivity index (χ1) is 9.40. The van der Waals surface area contributed by atoms with Crippen molar-refractivity contribution >= 4 is 21.8 Å². The monoisotopic (exact) mass is 344 g/mol. The molecule has 0 heterocycles. The highest BCUT2D eigenvalue weighted by Crippen LogP contribution is 2.33. The summed E-state index contributed by atoms with van der Waals surface area (Å²) in [7, 11) is 3.17. The molecule has 0 saturated heterocycles. The summed E-state index contributed by atoms with van der Waals surface area (Å²) in [4.78, 5) is 11.4. The zero-order valence-electron chi connectivity index (χ0n) is 12.2. The number of rotatable bonds is 7. The molecule has 1 unspecified atom stereocenters. The Labute approximate surface area is 127 Å². The van der Waals surface area contributed by atoms with Gasteiger partial charge in [0.1, 0.15) is 0 Å². The van der Waals surface area contributed by atoms with E-state index in [9.17, 15) is 4.79 Å². The number of halogens is 1. The first-order valence-corrected chi connectivity index (χ1v) is 7.13. The second-order valence-corrected chi connectivity index (χ2v) is 5.66. The molecule has 5 nitrogen and oxygen atoms in total. The van der Waals surface area contributed by atoms with Crippen LogP contribution in [0.25, 0.3) is 0 Å². The van der Waals surface area contributed by atoms with Crippen LogP contribution >= 0.6 is 15.9 Å². The minimum absolute atomic E-state index is 0.131. The number of hydrogen-bond donors (Lipinski definition) is 2. The topological polar surface area (TPSA) is 73.6 Å². The first-order valence-electron chi connectivity index (χ1n) is 6.33. The van der Waals surface area contributed by atoms with Crippen LogP contribution in [0.5, 0.6) is 11.5 Å². The summed E-state index contributed by atoms with van der Waals surface area (Å²) in [5.74, 6) is 1.08. The molecule has 6 heteroatoms. The van der Waals surface area contributed by atoms with E-state index in [1.165, 1.54) is 0 Å². The molecule has 0 aromatic heterocycles. The largest absolute Gasteiger partial charge is 0.493 e. The Kier molecular flexibility index (Phi) is 6.29. The first kappa shape index (κ1) is 16.8. The van der Waals surface area contributed by atoms with E-state index in [2.05, 4.69) is 21.2 Å². The van der Waals surface area contributed by atoms with Crippen molar-refractivity contribution in [2.45, 2.75) is 26.4 Å². The third-order valence-corrected chi connectivity index (χ3v) is 3.78. The van der Waals surface area contributed by atoms with Crippen LogP contribution in [-0.4, -0.2) is 26.2 Å². The lowest BCUT2D eigenvalue weighted by Gasteiger charge is -2.20. The smallest absolute Gasteiger partial charge is 0.234 e. The number of carbonyl (C=O) groups is 1. The standard InChI is InChI=1S/C14H21BrN2O3/c1-8(2)13(14(16)18)17-7-9-5-11(19-3)12(20-4)6-10(9)15/h5-6,8,13,17H,7H2,1-4H3,(H2,16,18). The molecule has 1 aromatic rings. The van der Waals surface area contributed by atoms with E-state index in [0.717, 1.165) is 10.0 Å². The predicted octanol–water partition coefficient (Wildman–Crippen LogP) is 2.07. The van der Waals surface area contributed by atoms with Gasteiger partial charge in [-0.05, 0) is 23.6 Å². The summed E-state index contributed by atoms with van der Waals surface area (Å²) in [6.45, 7) is 4.41. The fourth-order valence-electron chi connectivity index (χ4n) is 1.92. The molecular formula is C14H21BrN2O3. The molecule has 112 valence electrons. The fraction of sp³-hybridized carbons (Fsp3) is 0.500. The summed E-state index contributed by atoms with van der Waals surface area (Å²) >= 11 is 3.48. The normalized spacial score (nSPS) is 12.3. The van der Waals surface area contributed by atoms with Gasteiger partial charge < -0.3 is 20.5 Å². The molecule has 1 aromatic carbocycles. The maximum Gasteiger partial charge on any atom is 0.234 e. The van der Waals surface area contributed by atoms with E-state index in [-0.39, 0.29) is 17.9 Å². The van der Waals surface area contributed by atoms with Gasteiger partial charge in [-0.15, -0.1) is 0 Å². The second-order valence-electron chi connectivity index (χ2n) is 4.80. The number of benzene rings is 1. The zero-order valence-corrected chi connectivity index (χ0v) is 13.8. The van der Waals surface area contributed by atoms with Gasteiger partial charge in [-0.2, -0.15) is 0 Å². The third kappa shape index (κ3) is 4.11. The molecule has 0 bridgehead atoms. The summed E-state index contributed by atoms with van der Waals surface area (Å²) < 4.78 is 11.4. The summed E-state index contributed by atoms with van der Waals surface area (Å²) in [5, 5.41) is 3.16. The van der Waals surface area contributed by atoms with Gasteiger partial charge in [0.2, 0.25) is 5.91 Å². The number of carbonyl (C=O) groups excluding carboxylic acids is 1. The highest BCUT2D eigenvalue weighted by molar-refractivity contribution is 9.10. The fourth-order valence-corrected chi connectivity index (χ4v) is 2.38. The van der Waals surface area contributed by atoms with Crippen molar-refractivity contribution in [1.82, 2.24) is 5.32 Å². The number of ether oxygens (including phenoxy) is 2. The molecule has 3 N–H and O–H groups in total. The van der Waals surface area contributed by atoms with E-state index in [1.807, 2.05) is 26.0 Å². The van der Waals surface area contributed by atoms with Crippen LogP contribution in [0.15, 0.2) is 16.6 Å². The SMILES string of the molecule is COc1cc(Br)c(CNC(C(N)=O)C(C)C)cc1OC. The van der Waals surface area contributed by atoms with E-state index < -0.39 is 0 Å². The summed E-state index contributed by atoms with van der Waals surface area (Å²) in [6.07, 6.45) is 0. The van der Waals surface area contributed by atoms with Gasteiger partial charge in [-0.1, -0.05) is 29.8 Å². The molecule has 0 aliphatic rings. The van der Waals surface area contributed by atoms with E-state index in [4.69, 9.17) is 15.2 Å². The molecular weight excluding hydrogens is 324 g/mol. The van der Waals surface area contributed by atoms with Gasteiger partial charge in [-0.25, -0.2) is 0 Å². The van der Waals surface area contributed by atoms with Crippen molar-refractivity contribution in [2.75, 3.05) is 14.2 Å². The minimum atomic E-state index is -0.366. The Balaban J connectivity index is 2.90. The second kappa shape index (κ2) is 7.50. The lowest BCUT2D eigenvalue weighted by Crippen LogP contribution is -2.44. The van der Waals surface area contributed by atoms with Crippen LogP contribution in [0.4, 0.5) is 0 Å². The zero-order chi connectivity index (χ0) is 15.3. The van der Waals surface area contributed by atoms with Gasteiger partial charge in [0, 0.05) is 11.0 Å². The van der Waals surface area contributed by atoms with E-state index in [0.29, 0.717) is 18.0 Å². The Morgan fingerprint density at radius 3 is 2.30 bits per heavy atom. The van der Waals surface area contributed by atoms with Crippen LogP contribution in [0.3, 0.4) is 0 Å². The Bertz CT molecular complexity index is 478. The highest BCUT2D eigenvalue weighted by atomic mass is 79.9. The lowest BCUT2D eigenvalue weighted by atomic mass is 10.0. The van der Waals surface area contributed by atoms with Crippen LogP contribution in [0, 0.1) is 5.92 Å². The number of hydrogen-bond acceptors (Lipinski definition) is 4. The molecule has 1 atom stereocenters.